The van der Waals surface area contributed by atoms with E-state index in [2.05, 4.69) is 0 Å². The molecular weight excluding hydrogens is 273 g/mol. The van der Waals surface area contributed by atoms with Gasteiger partial charge >= 0.3 is 6.18 Å². The smallest absolute Gasteiger partial charge is 0.289 e. The zero-order chi connectivity index (χ0) is 13.9. The third-order valence-electron chi connectivity index (χ3n) is 2.44. The van der Waals surface area contributed by atoms with Crippen LogP contribution in [0.2, 0.25) is 0 Å². The van der Waals surface area contributed by atoms with E-state index in [9.17, 15) is 18.0 Å². The highest BCUT2D eigenvalue weighted by atomic mass is 32.1. The standard InChI is InChI=1S/C14H9F3OS/c15-14(16,17)11-5-3-10(4-6-11)13(18)8-7-12-2-1-9-19-12/h1-9H. The number of carbonyl (C=O) groups is 1. The first-order valence-electron chi connectivity index (χ1n) is 5.40. The van der Waals surface area contributed by atoms with Gasteiger partial charge in [-0.1, -0.05) is 18.2 Å². The van der Waals surface area contributed by atoms with E-state index < -0.39 is 11.7 Å². The Morgan fingerprint density at radius 1 is 1.11 bits per heavy atom. The molecule has 0 atom stereocenters. The van der Waals surface area contributed by atoms with E-state index in [1.807, 2.05) is 17.5 Å². The van der Waals surface area contributed by atoms with E-state index in [0.717, 1.165) is 17.0 Å². The summed E-state index contributed by atoms with van der Waals surface area (Å²) >= 11 is 1.48. The van der Waals surface area contributed by atoms with Crippen molar-refractivity contribution in [2.75, 3.05) is 0 Å². The van der Waals surface area contributed by atoms with Crippen molar-refractivity contribution >= 4 is 23.2 Å². The monoisotopic (exact) mass is 282 g/mol. The first kappa shape index (κ1) is 13.5. The third-order valence-corrected chi connectivity index (χ3v) is 3.28. The van der Waals surface area contributed by atoms with Crippen molar-refractivity contribution < 1.29 is 18.0 Å². The first-order valence-corrected chi connectivity index (χ1v) is 6.28. The molecule has 2 rings (SSSR count). The molecule has 0 spiro atoms. The van der Waals surface area contributed by atoms with Crippen LogP contribution < -0.4 is 0 Å². The van der Waals surface area contributed by atoms with Gasteiger partial charge in [-0.05, 0) is 35.7 Å². The maximum absolute atomic E-state index is 12.4. The summed E-state index contributed by atoms with van der Waals surface area (Å²) < 4.78 is 37.1. The molecule has 0 unspecified atom stereocenters. The summed E-state index contributed by atoms with van der Waals surface area (Å²) in [6.45, 7) is 0. The second kappa shape index (κ2) is 5.40. The Kier molecular flexibility index (Phi) is 3.85. The second-order valence-electron chi connectivity index (χ2n) is 3.79. The Hall–Kier alpha value is -1.88. The minimum absolute atomic E-state index is 0.237. The highest BCUT2D eigenvalue weighted by Crippen LogP contribution is 2.29. The predicted molar refractivity (Wildman–Crippen MR) is 69.1 cm³/mol. The van der Waals surface area contributed by atoms with Gasteiger partial charge < -0.3 is 0 Å². The van der Waals surface area contributed by atoms with Gasteiger partial charge in [0.15, 0.2) is 5.78 Å². The molecule has 0 saturated heterocycles. The van der Waals surface area contributed by atoms with Gasteiger partial charge in [0, 0.05) is 10.4 Å². The van der Waals surface area contributed by atoms with Crippen LogP contribution in [0.5, 0.6) is 0 Å². The summed E-state index contributed by atoms with van der Waals surface area (Å²) in [4.78, 5) is 12.7. The zero-order valence-electron chi connectivity index (χ0n) is 9.65. The Morgan fingerprint density at radius 3 is 2.32 bits per heavy atom. The molecule has 0 amide bonds. The molecule has 0 radical (unpaired) electrons. The van der Waals surface area contributed by atoms with E-state index >= 15 is 0 Å². The molecule has 0 bridgehead atoms. The molecule has 1 nitrogen and oxygen atoms in total. The molecule has 2 aromatic rings. The molecular formula is C14H9F3OS. The van der Waals surface area contributed by atoms with Crippen LogP contribution in [0.25, 0.3) is 6.08 Å². The van der Waals surface area contributed by atoms with Crippen molar-refractivity contribution in [3.05, 3.63) is 63.9 Å². The lowest BCUT2D eigenvalue weighted by Crippen LogP contribution is -2.05. The summed E-state index contributed by atoms with van der Waals surface area (Å²) in [6.07, 6.45) is -1.38. The fourth-order valence-corrected chi connectivity index (χ4v) is 2.08. The summed E-state index contributed by atoms with van der Waals surface area (Å²) in [6, 6.07) is 7.89. The second-order valence-corrected chi connectivity index (χ2v) is 4.77. The molecule has 0 aliphatic rings. The number of carbonyl (C=O) groups excluding carboxylic acids is 1. The lowest BCUT2D eigenvalue weighted by Gasteiger charge is -2.06. The number of ketones is 1. The number of rotatable bonds is 3. The van der Waals surface area contributed by atoms with Gasteiger partial charge in [-0.2, -0.15) is 13.2 Å². The summed E-state index contributed by atoms with van der Waals surface area (Å²) in [7, 11) is 0. The van der Waals surface area contributed by atoms with Crippen LogP contribution in [0.15, 0.2) is 47.9 Å². The van der Waals surface area contributed by atoms with Gasteiger partial charge in [0.1, 0.15) is 0 Å². The quantitative estimate of drug-likeness (QED) is 0.591. The maximum Gasteiger partial charge on any atom is 0.416 e. The van der Waals surface area contributed by atoms with Gasteiger partial charge in [-0.15, -0.1) is 11.3 Å². The Morgan fingerprint density at radius 2 is 1.79 bits per heavy atom. The highest BCUT2D eigenvalue weighted by molar-refractivity contribution is 7.10. The highest BCUT2D eigenvalue weighted by Gasteiger charge is 2.30. The van der Waals surface area contributed by atoms with E-state index in [-0.39, 0.29) is 11.3 Å². The average Bonchev–Trinajstić information content (AvgIpc) is 2.88. The molecule has 98 valence electrons. The lowest BCUT2D eigenvalue weighted by atomic mass is 10.1. The number of hydrogen-bond acceptors (Lipinski definition) is 2. The number of halogens is 3. The molecule has 1 heterocycles. The summed E-state index contributed by atoms with van der Waals surface area (Å²) in [5, 5.41) is 1.88. The topological polar surface area (TPSA) is 17.1 Å². The van der Waals surface area contributed by atoms with Crippen LogP contribution in [0.1, 0.15) is 20.8 Å². The summed E-state index contributed by atoms with van der Waals surface area (Å²) in [5.74, 6) is -0.317. The predicted octanol–water partition coefficient (Wildman–Crippen LogP) is 4.66. The van der Waals surface area contributed by atoms with Crippen LogP contribution >= 0.6 is 11.3 Å². The minimum Gasteiger partial charge on any atom is -0.289 e. The van der Waals surface area contributed by atoms with E-state index in [1.54, 1.807) is 6.08 Å². The lowest BCUT2D eigenvalue weighted by molar-refractivity contribution is -0.137. The van der Waals surface area contributed by atoms with Gasteiger partial charge in [-0.25, -0.2) is 0 Å². The molecule has 19 heavy (non-hydrogen) atoms. The Bertz CT molecular complexity index is 580. The van der Waals surface area contributed by atoms with Crippen molar-refractivity contribution in [3.63, 3.8) is 0 Å². The van der Waals surface area contributed by atoms with Crippen LogP contribution in [-0.2, 0) is 6.18 Å². The number of allylic oxidation sites excluding steroid dienone is 1. The van der Waals surface area contributed by atoms with Gasteiger partial charge in [-0.3, -0.25) is 4.79 Å². The molecule has 0 saturated carbocycles. The van der Waals surface area contributed by atoms with Crippen LogP contribution in [0, 0.1) is 0 Å². The molecule has 1 aromatic heterocycles. The molecule has 0 fully saturated rings. The molecule has 0 aliphatic heterocycles. The molecule has 0 aliphatic carbocycles. The van der Waals surface area contributed by atoms with Crippen molar-refractivity contribution in [1.29, 1.82) is 0 Å². The molecule has 0 N–H and O–H groups in total. The minimum atomic E-state index is -4.38. The summed E-state index contributed by atoms with van der Waals surface area (Å²) in [5.41, 5.74) is -0.521. The van der Waals surface area contributed by atoms with Crippen LogP contribution in [0.3, 0.4) is 0 Å². The van der Waals surface area contributed by atoms with Gasteiger partial charge in [0.25, 0.3) is 0 Å². The number of hydrogen-bond donors (Lipinski definition) is 0. The molecule has 1 aromatic carbocycles. The van der Waals surface area contributed by atoms with Crippen molar-refractivity contribution in [2.24, 2.45) is 0 Å². The maximum atomic E-state index is 12.4. The molecule has 5 heteroatoms. The van der Waals surface area contributed by atoms with Gasteiger partial charge in [0.2, 0.25) is 0 Å². The van der Waals surface area contributed by atoms with Crippen molar-refractivity contribution in [1.82, 2.24) is 0 Å². The largest absolute Gasteiger partial charge is 0.416 e. The normalized spacial score (nSPS) is 11.9. The van der Waals surface area contributed by atoms with Crippen LogP contribution in [0.4, 0.5) is 13.2 Å². The third kappa shape index (κ3) is 3.54. The number of benzene rings is 1. The van der Waals surface area contributed by atoms with Gasteiger partial charge in [0.05, 0.1) is 5.56 Å². The Balaban J connectivity index is 2.12. The first-order chi connectivity index (χ1) is 8.97. The van der Waals surface area contributed by atoms with Crippen molar-refractivity contribution in [2.45, 2.75) is 6.18 Å². The van der Waals surface area contributed by atoms with Crippen molar-refractivity contribution in [3.8, 4) is 0 Å². The zero-order valence-corrected chi connectivity index (χ0v) is 10.5. The Labute approximate surface area is 112 Å². The van der Waals surface area contributed by atoms with E-state index in [0.29, 0.717) is 0 Å². The fraction of sp³-hybridized carbons (Fsp3) is 0.0714. The van der Waals surface area contributed by atoms with E-state index in [1.165, 1.54) is 29.5 Å². The van der Waals surface area contributed by atoms with Crippen LogP contribution in [-0.4, -0.2) is 5.78 Å². The van der Waals surface area contributed by atoms with E-state index in [4.69, 9.17) is 0 Å². The average molecular weight is 282 g/mol. The number of alkyl halides is 3. The SMILES string of the molecule is O=C(C=Cc1cccs1)c1ccc(C(F)(F)F)cc1. The fourth-order valence-electron chi connectivity index (χ4n) is 1.46. The number of thiophene rings is 1.